The Morgan fingerprint density at radius 3 is 2.14 bits per heavy atom. The molecule has 0 heterocycles. The van der Waals surface area contributed by atoms with Gasteiger partial charge >= 0.3 is 0 Å². The molecule has 240 valence electrons. The van der Waals surface area contributed by atoms with Gasteiger partial charge in [-0.25, -0.2) is 8.42 Å². The smallest absolute Gasteiger partial charge is 0.244 e. The number of ether oxygens (including phenoxy) is 1. The third-order valence-electron chi connectivity index (χ3n) is 10.0. The van der Waals surface area contributed by atoms with E-state index in [0.29, 0.717) is 24.4 Å². The number of methoxy groups -OCH3 is 1. The SMILES string of the molecule is CC[C@@H](C(=O)NCC(C)C)N(Cc1cccc(OC)c1)C(=O)CN(c1ccc(C23CC4CC(CC(C4)C2)C3)cc1)S(C)(=O)=O. The molecule has 44 heavy (non-hydrogen) atoms. The molecule has 1 atom stereocenters. The van der Waals surface area contributed by atoms with Crippen molar-refractivity contribution >= 4 is 27.5 Å². The highest BCUT2D eigenvalue weighted by Crippen LogP contribution is 2.60. The zero-order valence-electron chi connectivity index (χ0n) is 26.9. The number of sulfonamides is 1. The van der Waals surface area contributed by atoms with E-state index in [1.807, 2.05) is 57.2 Å². The van der Waals surface area contributed by atoms with Crippen molar-refractivity contribution in [1.82, 2.24) is 10.2 Å². The summed E-state index contributed by atoms with van der Waals surface area (Å²) in [6.07, 6.45) is 9.28. The van der Waals surface area contributed by atoms with Gasteiger partial charge in [0.05, 0.1) is 19.1 Å². The maximum atomic E-state index is 14.1. The third-order valence-corrected chi connectivity index (χ3v) is 11.2. The predicted molar refractivity (Wildman–Crippen MR) is 174 cm³/mol. The largest absolute Gasteiger partial charge is 0.497 e. The van der Waals surface area contributed by atoms with E-state index in [4.69, 9.17) is 4.74 Å². The molecule has 0 unspecified atom stereocenters. The standard InChI is InChI=1S/C35H49N3O5S/c1-6-32(34(40)36-21-24(2)3)37(22-25-8-7-9-31(17-25)43-4)33(39)23-38(44(5,41)42)30-12-10-29(11-13-30)35-18-26-14-27(19-35)16-28(15-26)20-35/h7-13,17,24,26-28,32H,6,14-16,18-23H2,1-5H3,(H,36,40)/t26?,27?,28?,32-,35?/m0/s1. The van der Waals surface area contributed by atoms with Crippen molar-refractivity contribution in [2.75, 3.05) is 30.8 Å². The van der Waals surface area contributed by atoms with Crippen molar-refractivity contribution in [3.8, 4) is 5.75 Å². The average Bonchev–Trinajstić information content (AvgIpc) is 2.97. The van der Waals surface area contributed by atoms with E-state index in [1.165, 1.54) is 53.3 Å². The van der Waals surface area contributed by atoms with Crippen LogP contribution in [0.25, 0.3) is 0 Å². The van der Waals surface area contributed by atoms with Gasteiger partial charge in [0.2, 0.25) is 21.8 Å². The maximum absolute atomic E-state index is 14.1. The number of carbonyl (C=O) groups excluding carboxylic acids is 2. The number of rotatable bonds is 13. The first-order valence-electron chi connectivity index (χ1n) is 16.2. The number of benzene rings is 2. The molecule has 0 spiro atoms. The zero-order valence-corrected chi connectivity index (χ0v) is 27.7. The Balaban J connectivity index is 1.40. The first kappa shape index (κ1) is 32.3. The lowest BCUT2D eigenvalue weighted by Gasteiger charge is -2.57. The van der Waals surface area contributed by atoms with E-state index in [0.717, 1.165) is 29.6 Å². The quantitative estimate of drug-likeness (QED) is 0.318. The van der Waals surface area contributed by atoms with Crippen molar-refractivity contribution in [3.05, 3.63) is 59.7 Å². The number of carbonyl (C=O) groups is 2. The van der Waals surface area contributed by atoms with Crippen LogP contribution in [0, 0.1) is 23.7 Å². The van der Waals surface area contributed by atoms with Crippen molar-refractivity contribution in [2.45, 2.75) is 83.7 Å². The molecule has 2 aromatic rings. The molecular weight excluding hydrogens is 574 g/mol. The van der Waals surface area contributed by atoms with Crippen LogP contribution in [0.15, 0.2) is 48.5 Å². The fourth-order valence-corrected chi connectivity index (χ4v) is 9.22. The lowest BCUT2D eigenvalue weighted by atomic mass is 9.48. The van der Waals surface area contributed by atoms with Gasteiger partial charge in [-0.3, -0.25) is 13.9 Å². The third kappa shape index (κ3) is 7.08. The van der Waals surface area contributed by atoms with E-state index >= 15 is 0 Å². The summed E-state index contributed by atoms with van der Waals surface area (Å²) < 4.78 is 32.9. The van der Waals surface area contributed by atoms with Crippen LogP contribution >= 0.6 is 0 Å². The van der Waals surface area contributed by atoms with Crippen LogP contribution in [-0.4, -0.2) is 57.6 Å². The van der Waals surface area contributed by atoms with Crippen molar-refractivity contribution < 1.29 is 22.7 Å². The summed E-state index contributed by atoms with van der Waals surface area (Å²) in [6.45, 7) is 6.13. The van der Waals surface area contributed by atoms with Crippen molar-refractivity contribution in [3.63, 3.8) is 0 Å². The van der Waals surface area contributed by atoms with Crippen LogP contribution in [0.2, 0.25) is 0 Å². The van der Waals surface area contributed by atoms with E-state index in [-0.39, 0.29) is 23.8 Å². The molecule has 6 rings (SSSR count). The predicted octanol–water partition coefficient (Wildman–Crippen LogP) is 5.51. The molecule has 2 aromatic carbocycles. The molecule has 4 saturated carbocycles. The van der Waals surface area contributed by atoms with E-state index in [2.05, 4.69) is 17.4 Å². The lowest BCUT2D eigenvalue weighted by Crippen LogP contribution is -2.52. The Morgan fingerprint density at radius 1 is 1.00 bits per heavy atom. The van der Waals surface area contributed by atoms with Gasteiger partial charge in [-0.05, 0) is 109 Å². The van der Waals surface area contributed by atoms with E-state index in [9.17, 15) is 18.0 Å². The van der Waals surface area contributed by atoms with Gasteiger partial charge < -0.3 is 15.0 Å². The van der Waals surface area contributed by atoms with E-state index < -0.39 is 28.5 Å². The summed E-state index contributed by atoms with van der Waals surface area (Å²) >= 11 is 0. The highest BCUT2D eigenvalue weighted by Gasteiger charge is 2.51. The van der Waals surface area contributed by atoms with Gasteiger partial charge in [-0.1, -0.05) is 45.0 Å². The molecule has 0 aromatic heterocycles. The summed E-state index contributed by atoms with van der Waals surface area (Å²) in [5.74, 6) is 2.64. The number of hydrogen-bond acceptors (Lipinski definition) is 5. The Labute approximate surface area is 263 Å². The Kier molecular flexibility index (Phi) is 9.64. The lowest BCUT2D eigenvalue weighted by molar-refractivity contribution is -0.140. The molecule has 0 saturated heterocycles. The summed E-state index contributed by atoms with van der Waals surface area (Å²) in [5.41, 5.74) is 2.75. The second-order valence-corrected chi connectivity index (χ2v) is 15.9. The molecule has 4 bridgehead atoms. The fraction of sp³-hybridized carbons (Fsp3) is 0.600. The fourth-order valence-electron chi connectivity index (χ4n) is 8.37. The number of hydrogen-bond donors (Lipinski definition) is 1. The molecule has 0 radical (unpaired) electrons. The summed E-state index contributed by atoms with van der Waals surface area (Å²) in [7, 11) is -2.22. The van der Waals surface area contributed by atoms with Crippen LogP contribution < -0.4 is 14.4 Å². The second-order valence-electron chi connectivity index (χ2n) is 14.0. The molecule has 8 nitrogen and oxygen atoms in total. The van der Waals surface area contributed by atoms with Gasteiger partial charge in [0.15, 0.2) is 0 Å². The molecule has 9 heteroatoms. The minimum absolute atomic E-state index is 0.145. The minimum Gasteiger partial charge on any atom is -0.497 e. The molecule has 4 fully saturated rings. The highest BCUT2D eigenvalue weighted by molar-refractivity contribution is 7.92. The molecule has 4 aliphatic rings. The Hall–Kier alpha value is -3.07. The number of nitrogens with zero attached hydrogens (tertiary/aromatic N) is 2. The van der Waals surface area contributed by atoms with Crippen LogP contribution in [0.5, 0.6) is 5.75 Å². The first-order chi connectivity index (χ1) is 20.9. The molecular formula is C35H49N3O5S. The molecule has 4 aliphatic carbocycles. The number of amides is 2. The molecule has 1 N–H and O–H groups in total. The first-order valence-corrected chi connectivity index (χ1v) is 18.0. The summed E-state index contributed by atoms with van der Waals surface area (Å²) in [6, 6.07) is 14.5. The second kappa shape index (κ2) is 13.1. The average molecular weight is 624 g/mol. The summed E-state index contributed by atoms with van der Waals surface area (Å²) in [5, 5.41) is 2.96. The molecule has 2 amide bonds. The van der Waals surface area contributed by atoms with Gasteiger partial charge in [0.25, 0.3) is 0 Å². The Morgan fingerprint density at radius 2 is 1.61 bits per heavy atom. The van der Waals surface area contributed by atoms with Gasteiger partial charge in [-0.15, -0.1) is 0 Å². The van der Waals surface area contributed by atoms with Gasteiger partial charge in [0, 0.05) is 13.1 Å². The van der Waals surface area contributed by atoms with Crippen molar-refractivity contribution in [2.24, 2.45) is 23.7 Å². The van der Waals surface area contributed by atoms with E-state index in [1.54, 1.807) is 7.11 Å². The monoisotopic (exact) mass is 623 g/mol. The van der Waals surface area contributed by atoms with Crippen LogP contribution in [0.1, 0.15) is 76.8 Å². The molecule has 0 aliphatic heterocycles. The highest BCUT2D eigenvalue weighted by atomic mass is 32.2. The number of anilines is 1. The normalized spacial score (nSPS) is 24.6. The van der Waals surface area contributed by atoms with Crippen LogP contribution in [-0.2, 0) is 31.6 Å². The number of nitrogens with one attached hydrogen (secondary N) is 1. The van der Waals surface area contributed by atoms with Gasteiger partial charge in [0.1, 0.15) is 18.3 Å². The minimum atomic E-state index is -3.80. The maximum Gasteiger partial charge on any atom is 0.244 e. The van der Waals surface area contributed by atoms with Crippen molar-refractivity contribution in [1.29, 1.82) is 0 Å². The van der Waals surface area contributed by atoms with Crippen LogP contribution in [0.4, 0.5) is 5.69 Å². The summed E-state index contributed by atoms with van der Waals surface area (Å²) in [4.78, 5) is 28.9. The van der Waals surface area contributed by atoms with Crippen LogP contribution in [0.3, 0.4) is 0 Å². The topological polar surface area (TPSA) is 96.0 Å². The van der Waals surface area contributed by atoms with Gasteiger partial charge in [-0.2, -0.15) is 0 Å². The Bertz CT molecular complexity index is 1400. The zero-order chi connectivity index (χ0) is 31.6.